The van der Waals surface area contributed by atoms with Crippen molar-refractivity contribution in [1.29, 1.82) is 0 Å². The molecule has 2 aromatic heterocycles. The molecular weight excluding hydrogens is 354 g/mol. The van der Waals surface area contributed by atoms with Crippen LogP contribution >= 0.6 is 0 Å². The van der Waals surface area contributed by atoms with Crippen molar-refractivity contribution in [2.24, 2.45) is 5.10 Å². The number of pyridine rings is 1. The van der Waals surface area contributed by atoms with E-state index in [1.165, 1.54) is 6.21 Å². The van der Waals surface area contributed by atoms with Gasteiger partial charge in [-0.1, -0.05) is 24.3 Å². The zero-order valence-corrected chi connectivity index (χ0v) is 15.7. The Balaban J connectivity index is 1.60. The quantitative estimate of drug-likeness (QED) is 0.407. The summed E-state index contributed by atoms with van der Waals surface area (Å²) in [5.74, 6) is -1.60. The van der Waals surface area contributed by atoms with Crippen LogP contribution in [0.4, 0.5) is 0 Å². The number of para-hydroxylation sites is 1. The van der Waals surface area contributed by atoms with Crippen LogP contribution in [0.1, 0.15) is 22.6 Å². The third kappa shape index (κ3) is 4.50. The number of rotatable bonds is 5. The van der Waals surface area contributed by atoms with Gasteiger partial charge in [0.25, 0.3) is 0 Å². The summed E-state index contributed by atoms with van der Waals surface area (Å²) in [6.45, 7) is 4.15. The fourth-order valence-electron chi connectivity index (χ4n) is 2.86. The summed E-state index contributed by atoms with van der Waals surface area (Å²) < 4.78 is 2.10. The lowest BCUT2D eigenvalue weighted by Gasteiger charge is -2.08. The lowest BCUT2D eigenvalue weighted by Crippen LogP contribution is -2.37. The Kier molecular flexibility index (Phi) is 5.96. The lowest BCUT2D eigenvalue weighted by atomic mass is 10.2. The average molecular weight is 375 g/mol. The molecule has 0 radical (unpaired) electrons. The van der Waals surface area contributed by atoms with Crippen molar-refractivity contribution in [3.8, 4) is 5.69 Å². The number of nitrogens with zero attached hydrogens (tertiary/aromatic N) is 3. The number of aryl methyl sites for hydroxylation is 1. The Labute approximate surface area is 163 Å². The first-order chi connectivity index (χ1) is 13.6. The minimum Gasteiger partial charge on any atom is -0.342 e. The van der Waals surface area contributed by atoms with Crippen molar-refractivity contribution in [1.82, 2.24) is 20.3 Å². The van der Waals surface area contributed by atoms with Crippen molar-refractivity contribution >= 4 is 18.0 Å². The van der Waals surface area contributed by atoms with Gasteiger partial charge in [-0.15, -0.1) is 0 Å². The van der Waals surface area contributed by atoms with Crippen LogP contribution in [-0.4, -0.2) is 27.6 Å². The molecule has 3 rings (SSSR count). The molecule has 28 heavy (non-hydrogen) atoms. The maximum atomic E-state index is 11.9. The molecular formula is C21H21N5O2. The maximum absolute atomic E-state index is 11.9. The third-order valence-electron chi connectivity index (χ3n) is 4.22. The minimum absolute atomic E-state index is 0.176. The van der Waals surface area contributed by atoms with Crippen molar-refractivity contribution in [3.05, 3.63) is 83.4 Å². The molecule has 2 N–H and O–H groups in total. The molecule has 0 saturated carbocycles. The van der Waals surface area contributed by atoms with Crippen LogP contribution in [0.2, 0.25) is 0 Å². The van der Waals surface area contributed by atoms with E-state index in [0.29, 0.717) is 5.69 Å². The number of hydrazone groups is 1. The Morgan fingerprint density at radius 2 is 1.82 bits per heavy atom. The van der Waals surface area contributed by atoms with Crippen LogP contribution in [0.3, 0.4) is 0 Å². The summed E-state index contributed by atoms with van der Waals surface area (Å²) in [4.78, 5) is 27.8. The molecule has 0 atom stereocenters. The zero-order chi connectivity index (χ0) is 19.9. The van der Waals surface area contributed by atoms with Gasteiger partial charge < -0.3 is 9.88 Å². The standard InChI is InChI=1S/C21H21N5O2/c1-15-12-17(16(2)26(15)19-9-4-3-5-10-19)13-24-25-21(28)20(27)23-14-18-8-6-7-11-22-18/h3-13H,14H2,1-2H3,(H,23,27)(H,25,28)/b24-13-. The Morgan fingerprint density at radius 3 is 2.54 bits per heavy atom. The molecule has 142 valence electrons. The highest BCUT2D eigenvalue weighted by atomic mass is 16.2. The highest BCUT2D eigenvalue weighted by molar-refractivity contribution is 6.35. The predicted molar refractivity (Wildman–Crippen MR) is 107 cm³/mol. The maximum Gasteiger partial charge on any atom is 0.329 e. The van der Waals surface area contributed by atoms with Crippen LogP contribution in [0.15, 0.2) is 65.9 Å². The molecule has 0 spiro atoms. The van der Waals surface area contributed by atoms with Gasteiger partial charge in [0.15, 0.2) is 0 Å². The molecule has 0 saturated heterocycles. The number of carbonyl (C=O) groups excluding carboxylic acids is 2. The van der Waals surface area contributed by atoms with E-state index in [4.69, 9.17) is 0 Å². The van der Waals surface area contributed by atoms with Crippen LogP contribution in [0.25, 0.3) is 5.69 Å². The number of nitrogens with one attached hydrogen (secondary N) is 2. The van der Waals surface area contributed by atoms with E-state index >= 15 is 0 Å². The topological polar surface area (TPSA) is 88.4 Å². The fraction of sp³-hybridized carbons (Fsp3) is 0.143. The van der Waals surface area contributed by atoms with Crippen molar-refractivity contribution < 1.29 is 9.59 Å². The van der Waals surface area contributed by atoms with E-state index in [1.54, 1.807) is 18.3 Å². The molecule has 0 aliphatic rings. The zero-order valence-electron chi connectivity index (χ0n) is 15.7. The molecule has 1 aromatic carbocycles. The summed E-state index contributed by atoms with van der Waals surface area (Å²) in [5, 5.41) is 6.41. The van der Waals surface area contributed by atoms with Crippen LogP contribution < -0.4 is 10.7 Å². The van der Waals surface area contributed by atoms with Crippen LogP contribution in [0, 0.1) is 13.8 Å². The normalized spacial score (nSPS) is 10.8. The van der Waals surface area contributed by atoms with Crippen LogP contribution in [0.5, 0.6) is 0 Å². The molecule has 7 heteroatoms. The summed E-state index contributed by atoms with van der Waals surface area (Å²) >= 11 is 0. The third-order valence-corrected chi connectivity index (χ3v) is 4.22. The number of amides is 2. The summed E-state index contributed by atoms with van der Waals surface area (Å²) in [5.41, 5.74) is 6.86. The SMILES string of the molecule is Cc1cc(/C=N\NC(=O)C(=O)NCc2ccccn2)c(C)n1-c1ccccc1. The van der Waals surface area contributed by atoms with E-state index < -0.39 is 11.8 Å². The molecule has 0 unspecified atom stereocenters. The number of aromatic nitrogens is 2. The fourth-order valence-corrected chi connectivity index (χ4v) is 2.86. The monoisotopic (exact) mass is 375 g/mol. The second kappa shape index (κ2) is 8.77. The largest absolute Gasteiger partial charge is 0.342 e. The van der Waals surface area contributed by atoms with Gasteiger partial charge in [-0.2, -0.15) is 5.10 Å². The number of carbonyl (C=O) groups is 2. The molecule has 0 fully saturated rings. The first kappa shape index (κ1) is 19.0. The first-order valence-corrected chi connectivity index (χ1v) is 8.82. The Bertz CT molecular complexity index is 994. The van der Waals surface area contributed by atoms with Gasteiger partial charge in [0.1, 0.15) is 0 Å². The Hall–Kier alpha value is -3.74. The second-order valence-corrected chi connectivity index (χ2v) is 6.20. The summed E-state index contributed by atoms with van der Waals surface area (Å²) in [6.07, 6.45) is 3.16. The molecule has 0 aliphatic heterocycles. The summed E-state index contributed by atoms with van der Waals surface area (Å²) in [7, 11) is 0. The summed E-state index contributed by atoms with van der Waals surface area (Å²) in [6, 6.07) is 17.3. The Morgan fingerprint density at radius 1 is 1.07 bits per heavy atom. The predicted octanol–water partition coefficient (Wildman–Crippen LogP) is 2.26. The van der Waals surface area contributed by atoms with Gasteiger partial charge in [0.05, 0.1) is 18.5 Å². The smallest absolute Gasteiger partial charge is 0.329 e. The van der Waals surface area contributed by atoms with Crippen molar-refractivity contribution in [3.63, 3.8) is 0 Å². The van der Waals surface area contributed by atoms with E-state index in [-0.39, 0.29) is 6.54 Å². The molecule has 3 aromatic rings. The number of hydrogen-bond donors (Lipinski definition) is 2. The molecule has 7 nitrogen and oxygen atoms in total. The van der Waals surface area contributed by atoms with Gasteiger partial charge in [-0.05, 0) is 44.2 Å². The van der Waals surface area contributed by atoms with Gasteiger partial charge in [-0.25, -0.2) is 5.43 Å². The second-order valence-electron chi connectivity index (χ2n) is 6.20. The van der Waals surface area contributed by atoms with E-state index in [9.17, 15) is 9.59 Å². The number of hydrogen-bond acceptors (Lipinski definition) is 4. The van der Waals surface area contributed by atoms with Crippen molar-refractivity contribution in [2.45, 2.75) is 20.4 Å². The average Bonchev–Trinajstić information content (AvgIpc) is 3.00. The van der Waals surface area contributed by atoms with Gasteiger partial charge >= 0.3 is 11.8 Å². The van der Waals surface area contributed by atoms with E-state index in [2.05, 4.69) is 25.4 Å². The first-order valence-electron chi connectivity index (χ1n) is 8.82. The van der Waals surface area contributed by atoms with Gasteiger partial charge in [-0.3, -0.25) is 14.6 Å². The molecule has 2 amide bonds. The van der Waals surface area contributed by atoms with Gasteiger partial charge in [0.2, 0.25) is 0 Å². The minimum atomic E-state index is -0.830. The lowest BCUT2D eigenvalue weighted by molar-refractivity contribution is -0.139. The molecule has 0 aliphatic carbocycles. The van der Waals surface area contributed by atoms with Gasteiger partial charge in [0, 0.05) is 28.8 Å². The van der Waals surface area contributed by atoms with Crippen molar-refractivity contribution in [2.75, 3.05) is 0 Å². The van der Waals surface area contributed by atoms with E-state index in [1.807, 2.05) is 56.3 Å². The molecule has 0 bridgehead atoms. The van der Waals surface area contributed by atoms with E-state index in [0.717, 1.165) is 22.6 Å². The highest BCUT2D eigenvalue weighted by Gasteiger charge is 2.13. The van der Waals surface area contributed by atoms with Crippen LogP contribution in [-0.2, 0) is 16.1 Å². The number of benzene rings is 1. The molecule has 2 heterocycles. The highest BCUT2D eigenvalue weighted by Crippen LogP contribution is 2.19.